The second kappa shape index (κ2) is 12.1. The Balaban J connectivity index is 1.12. The standard InChI is InChI=1S/C33H41N3O3/c37-33(38)32(27-14-8-3-9-15-27)36-22-28(29(23-36)24-10-4-1-5-11-24)21-35-18-16-25(17-19-35)30-20-31(39-34-30)26-12-6-2-7-13-26/h1-2,4-7,10-13,20,25,27-29,32H,3,8-9,14-19,21-23H2,(H,37,38). The molecule has 1 N–H and O–H groups in total. The molecule has 2 saturated heterocycles. The van der Waals surface area contributed by atoms with Gasteiger partial charge in [0, 0.05) is 43.1 Å². The van der Waals surface area contributed by atoms with Crippen LogP contribution in [0.4, 0.5) is 0 Å². The van der Waals surface area contributed by atoms with Crippen LogP contribution in [0.1, 0.15) is 68.0 Å². The van der Waals surface area contributed by atoms with E-state index < -0.39 is 5.97 Å². The third-order valence-electron chi connectivity index (χ3n) is 9.52. The van der Waals surface area contributed by atoms with Crippen molar-refractivity contribution in [2.45, 2.75) is 62.8 Å². The highest BCUT2D eigenvalue weighted by atomic mass is 16.5. The first-order valence-corrected chi connectivity index (χ1v) is 14.9. The minimum atomic E-state index is -0.627. The summed E-state index contributed by atoms with van der Waals surface area (Å²) in [6, 6.07) is 22.7. The van der Waals surface area contributed by atoms with Crippen LogP contribution < -0.4 is 0 Å². The predicted molar refractivity (Wildman–Crippen MR) is 153 cm³/mol. The van der Waals surface area contributed by atoms with Gasteiger partial charge in [-0.1, -0.05) is 85.1 Å². The zero-order chi connectivity index (χ0) is 26.6. The number of rotatable bonds is 8. The maximum absolute atomic E-state index is 12.5. The number of aliphatic carboxylic acids is 1. The van der Waals surface area contributed by atoms with Crippen LogP contribution in [0.3, 0.4) is 0 Å². The average molecular weight is 528 g/mol. The molecule has 3 fully saturated rings. The van der Waals surface area contributed by atoms with Crippen LogP contribution >= 0.6 is 0 Å². The number of benzene rings is 2. The molecule has 0 amide bonds. The number of hydrogen-bond donors (Lipinski definition) is 1. The van der Waals surface area contributed by atoms with Gasteiger partial charge in [0.25, 0.3) is 0 Å². The lowest BCUT2D eigenvalue weighted by Gasteiger charge is -2.35. The van der Waals surface area contributed by atoms with Crippen LogP contribution in [0.2, 0.25) is 0 Å². The molecule has 3 aromatic rings. The van der Waals surface area contributed by atoms with Crippen LogP contribution in [-0.4, -0.2) is 64.8 Å². The van der Waals surface area contributed by atoms with Gasteiger partial charge >= 0.3 is 5.97 Å². The number of carbonyl (C=O) groups is 1. The van der Waals surface area contributed by atoms with Crippen LogP contribution in [0.25, 0.3) is 11.3 Å². The minimum Gasteiger partial charge on any atom is -0.480 e. The molecular formula is C33H41N3O3. The summed E-state index contributed by atoms with van der Waals surface area (Å²) in [6.07, 6.45) is 7.84. The van der Waals surface area contributed by atoms with Gasteiger partial charge in [0.05, 0.1) is 5.69 Å². The maximum Gasteiger partial charge on any atom is 0.321 e. The zero-order valence-corrected chi connectivity index (χ0v) is 22.8. The van der Waals surface area contributed by atoms with Gasteiger partial charge in [-0.2, -0.15) is 0 Å². The Labute approximate surface area is 232 Å². The quantitative estimate of drug-likeness (QED) is 0.372. The minimum absolute atomic E-state index is 0.283. The molecule has 6 heteroatoms. The molecule has 1 aliphatic carbocycles. The Kier molecular flexibility index (Phi) is 8.12. The van der Waals surface area contributed by atoms with E-state index in [1.54, 1.807) is 0 Å². The molecule has 0 bridgehead atoms. The monoisotopic (exact) mass is 527 g/mol. The van der Waals surface area contributed by atoms with Gasteiger partial charge in [0.1, 0.15) is 6.04 Å². The smallest absolute Gasteiger partial charge is 0.321 e. The Morgan fingerprint density at radius 2 is 1.62 bits per heavy atom. The highest BCUT2D eigenvalue weighted by Gasteiger charge is 2.43. The van der Waals surface area contributed by atoms with Crippen LogP contribution in [-0.2, 0) is 4.79 Å². The lowest BCUT2D eigenvalue weighted by molar-refractivity contribution is -0.145. The van der Waals surface area contributed by atoms with Gasteiger partial charge in [0.2, 0.25) is 0 Å². The summed E-state index contributed by atoms with van der Waals surface area (Å²) < 4.78 is 5.69. The Morgan fingerprint density at radius 1 is 0.923 bits per heavy atom. The number of nitrogens with zero attached hydrogens (tertiary/aromatic N) is 3. The molecule has 39 heavy (non-hydrogen) atoms. The molecule has 3 heterocycles. The van der Waals surface area contributed by atoms with E-state index in [0.29, 0.717) is 17.8 Å². The molecule has 0 spiro atoms. The molecule has 2 aromatic carbocycles. The first kappa shape index (κ1) is 26.3. The lowest BCUT2D eigenvalue weighted by atomic mass is 9.83. The van der Waals surface area contributed by atoms with Crippen LogP contribution in [0.5, 0.6) is 0 Å². The van der Waals surface area contributed by atoms with Crippen molar-refractivity contribution in [3.8, 4) is 11.3 Å². The van der Waals surface area contributed by atoms with Gasteiger partial charge in [0.15, 0.2) is 5.76 Å². The lowest BCUT2D eigenvalue weighted by Crippen LogP contribution is -2.46. The average Bonchev–Trinajstić information content (AvgIpc) is 3.63. The summed E-state index contributed by atoms with van der Waals surface area (Å²) in [7, 11) is 0. The summed E-state index contributed by atoms with van der Waals surface area (Å²) in [5.74, 6) is 1.73. The molecule has 3 atom stereocenters. The molecule has 206 valence electrons. The molecule has 6 rings (SSSR count). The molecular weight excluding hydrogens is 486 g/mol. The molecule has 2 aliphatic heterocycles. The van der Waals surface area contributed by atoms with Gasteiger partial charge in [-0.15, -0.1) is 0 Å². The first-order chi connectivity index (χ1) is 19.2. The van der Waals surface area contributed by atoms with E-state index in [2.05, 4.69) is 63.5 Å². The number of hydrogen-bond acceptors (Lipinski definition) is 5. The Morgan fingerprint density at radius 3 is 2.31 bits per heavy atom. The SMILES string of the molecule is O=C(O)C(C1CCCCC1)N1CC(CN2CCC(c3cc(-c4ccccc4)on3)CC2)C(c2ccccc2)C1. The molecule has 3 unspecified atom stereocenters. The Hall–Kier alpha value is -2.96. The number of carboxylic acids is 1. The van der Waals surface area contributed by atoms with Gasteiger partial charge in [-0.05, 0) is 56.2 Å². The van der Waals surface area contributed by atoms with Gasteiger partial charge in [-0.25, -0.2) is 0 Å². The number of likely N-dealkylation sites (tertiary alicyclic amines) is 2. The van der Waals surface area contributed by atoms with Gasteiger partial charge < -0.3 is 14.5 Å². The van der Waals surface area contributed by atoms with Crippen molar-refractivity contribution in [1.29, 1.82) is 0 Å². The largest absolute Gasteiger partial charge is 0.480 e. The zero-order valence-electron chi connectivity index (χ0n) is 22.8. The molecule has 0 radical (unpaired) electrons. The summed E-state index contributed by atoms with van der Waals surface area (Å²) >= 11 is 0. The highest BCUT2D eigenvalue weighted by Crippen LogP contribution is 2.39. The molecule has 6 nitrogen and oxygen atoms in total. The fourth-order valence-electron chi connectivity index (χ4n) is 7.46. The van der Waals surface area contributed by atoms with E-state index in [0.717, 1.165) is 75.4 Å². The van der Waals surface area contributed by atoms with Crippen molar-refractivity contribution in [3.63, 3.8) is 0 Å². The third-order valence-corrected chi connectivity index (χ3v) is 9.52. The van der Waals surface area contributed by atoms with Crippen molar-refractivity contribution in [2.75, 3.05) is 32.7 Å². The number of piperidine rings is 1. The number of aromatic nitrogens is 1. The first-order valence-electron chi connectivity index (χ1n) is 14.9. The maximum atomic E-state index is 12.5. The summed E-state index contributed by atoms with van der Waals surface area (Å²) in [5.41, 5.74) is 3.49. The normalized spacial score (nSPS) is 24.6. The highest BCUT2D eigenvalue weighted by molar-refractivity contribution is 5.74. The second-order valence-electron chi connectivity index (χ2n) is 12.0. The van der Waals surface area contributed by atoms with Crippen molar-refractivity contribution in [3.05, 3.63) is 78.0 Å². The second-order valence-corrected chi connectivity index (χ2v) is 12.0. The summed E-state index contributed by atoms with van der Waals surface area (Å²) in [4.78, 5) is 17.5. The van der Waals surface area contributed by atoms with Crippen molar-refractivity contribution >= 4 is 5.97 Å². The van der Waals surface area contributed by atoms with E-state index >= 15 is 0 Å². The van der Waals surface area contributed by atoms with Crippen molar-refractivity contribution < 1.29 is 14.4 Å². The number of carboxylic acid groups (broad SMARTS) is 1. The van der Waals surface area contributed by atoms with E-state index in [-0.39, 0.29) is 12.0 Å². The fourth-order valence-corrected chi connectivity index (χ4v) is 7.46. The van der Waals surface area contributed by atoms with E-state index in [4.69, 9.17) is 4.52 Å². The third kappa shape index (κ3) is 5.97. The van der Waals surface area contributed by atoms with Crippen LogP contribution in [0, 0.1) is 11.8 Å². The summed E-state index contributed by atoms with van der Waals surface area (Å²) in [5, 5.41) is 14.7. The predicted octanol–water partition coefficient (Wildman–Crippen LogP) is 6.27. The molecule has 1 aromatic heterocycles. The summed E-state index contributed by atoms with van der Waals surface area (Å²) in [6.45, 7) is 4.83. The van der Waals surface area contributed by atoms with Crippen molar-refractivity contribution in [2.24, 2.45) is 11.8 Å². The van der Waals surface area contributed by atoms with Crippen LogP contribution in [0.15, 0.2) is 71.3 Å². The topological polar surface area (TPSA) is 69.8 Å². The van der Waals surface area contributed by atoms with E-state index in [9.17, 15) is 9.90 Å². The van der Waals surface area contributed by atoms with E-state index in [1.807, 2.05) is 18.2 Å². The van der Waals surface area contributed by atoms with Gasteiger partial charge in [-0.3, -0.25) is 9.69 Å². The molecule has 1 saturated carbocycles. The fraction of sp³-hybridized carbons (Fsp3) is 0.515. The molecule has 3 aliphatic rings. The van der Waals surface area contributed by atoms with Crippen molar-refractivity contribution in [1.82, 2.24) is 15.0 Å². The Bertz CT molecular complexity index is 1200. The van der Waals surface area contributed by atoms with E-state index in [1.165, 1.54) is 24.8 Å².